The van der Waals surface area contributed by atoms with Gasteiger partial charge >= 0.3 is 12.4 Å². The fourth-order valence-corrected chi connectivity index (χ4v) is 3.80. The molecule has 0 unspecified atom stereocenters. The van der Waals surface area contributed by atoms with Crippen molar-refractivity contribution in [1.82, 2.24) is 0 Å². The lowest BCUT2D eigenvalue weighted by molar-refractivity contribution is -0.143. The Labute approximate surface area is 254 Å². The van der Waals surface area contributed by atoms with Crippen LogP contribution in [-0.2, 0) is 12.4 Å². The molecule has 7 nitrogen and oxygen atoms in total. The van der Waals surface area contributed by atoms with Gasteiger partial charge in [-0.25, -0.2) is 0 Å². The number of anilines is 6. The van der Waals surface area contributed by atoms with Gasteiger partial charge in [-0.3, -0.25) is 4.79 Å². The van der Waals surface area contributed by atoms with E-state index in [0.717, 1.165) is 11.4 Å². The predicted octanol–water partition coefficient (Wildman–Crippen LogP) is 7.70. The minimum atomic E-state index is -4.93. The van der Waals surface area contributed by atoms with Crippen molar-refractivity contribution in [2.24, 2.45) is 0 Å². The van der Waals surface area contributed by atoms with Gasteiger partial charge in [-0.15, -0.1) is 0 Å². The summed E-state index contributed by atoms with van der Waals surface area (Å²) in [5.41, 5.74) is 11.9. The second kappa shape index (κ2) is 14.0. The monoisotopic (exact) mass is 634 g/mol. The summed E-state index contributed by atoms with van der Waals surface area (Å²) in [6.07, 6.45) is -9.85. The third-order valence-corrected chi connectivity index (χ3v) is 6.03. The van der Waals surface area contributed by atoms with Gasteiger partial charge < -0.3 is 32.3 Å². The number of nitrogens with two attached hydrogens (primary N) is 2. The topological polar surface area (TPSA) is 108 Å². The van der Waals surface area contributed by atoms with Crippen molar-refractivity contribution in [1.29, 1.82) is 0 Å². The molecule has 4 rings (SSSR count). The first-order chi connectivity index (χ1) is 20.5. The maximum absolute atomic E-state index is 12.8. The van der Waals surface area contributed by atoms with Crippen molar-refractivity contribution >= 4 is 57.4 Å². The minimum Gasteiger partial charge on any atom is -0.399 e. The Bertz CT molecular complexity index is 1540. The van der Waals surface area contributed by atoms with Gasteiger partial charge in [0.2, 0.25) is 0 Å². The SMILES string of the molecule is CN(C)c1ccc(C(=O)Nc2ccc(N)cc2)cc1.Nc1ccc(NC(=S)Nc2cc(C(F)(F)F)cc(C(F)(F)F)c2)cc1. The first-order valence-corrected chi connectivity index (χ1v) is 13.1. The molecule has 4 aromatic rings. The Morgan fingerprint density at radius 1 is 0.636 bits per heavy atom. The van der Waals surface area contributed by atoms with Gasteiger partial charge in [0.1, 0.15) is 0 Å². The van der Waals surface area contributed by atoms with Crippen LogP contribution < -0.4 is 32.3 Å². The lowest BCUT2D eigenvalue weighted by Crippen LogP contribution is -2.20. The molecule has 4 aromatic carbocycles. The summed E-state index contributed by atoms with van der Waals surface area (Å²) in [5, 5.41) is 7.61. The number of nitrogen functional groups attached to an aromatic ring is 2. The normalized spacial score (nSPS) is 11.1. The molecule has 1 amide bonds. The van der Waals surface area contributed by atoms with Crippen molar-refractivity contribution in [3.63, 3.8) is 0 Å². The summed E-state index contributed by atoms with van der Waals surface area (Å²) in [4.78, 5) is 14.0. The highest BCUT2D eigenvalue weighted by atomic mass is 32.1. The Morgan fingerprint density at radius 3 is 1.45 bits per heavy atom. The Hall–Kier alpha value is -4.98. The molecule has 14 heteroatoms. The molecule has 0 heterocycles. The zero-order chi connectivity index (χ0) is 32.7. The molecule has 0 aliphatic heterocycles. The highest BCUT2D eigenvalue weighted by Gasteiger charge is 2.37. The highest BCUT2D eigenvalue weighted by Crippen LogP contribution is 2.37. The van der Waals surface area contributed by atoms with Crippen molar-refractivity contribution in [2.75, 3.05) is 46.4 Å². The van der Waals surface area contributed by atoms with Crippen molar-refractivity contribution in [3.05, 3.63) is 108 Å². The summed E-state index contributed by atoms with van der Waals surface area (Å²) < 4.78 is 76.8. The Balaban J connectivity index is 0.000000249. The second-order valence-electron chi connectivity index (χ2n) is 9.51. The fraction of sp³-hybridized carbons (Fsp3) is 0.133. The number of hydrogen-bond acceptors (Lipinski definition) is 5. The van der Waals surface area contributed by atoms with Crippen molar-refractivity contribution < 1.29 is 31.1 Å². The van der Waals surface area contributed by atoms with Crippen LogP contribution in [0.5, 0.6) is 0 Å². The van der Waals surface area contributed by atoms with E-state index in [9.17, 15) is 31.1 Å². The first-order valence-electron chi connectivity index (χ1n) is 12.7. The van der Waals surface area contributed by atoms with E-state index in [1.165, 1.54) is 0 Å². The van der Waals surface area contributed by atoms with Crippen LogP contribution in [0.1, 0.15) is 21.5 Å². The van der Waals surface area contributed by atoms with E-state index in [1.54, 1.807) is 48.5 Å². The van der Waals surface area contributed by atoms with E-state index in [1.807, 2.05) is 43.3 Å². The van der Waals surface area contributed by atoms with Crippen LogP contribution in [-0.4, -0.2) is 25.1 Å². The molecule has 0 aromatic heterocycles. The van der Waals surface area contributed by atoms with Crippen LogP contribution >= 0.6 is 12.2 Å². The maximum Gasteiger partial charge on any atom is 0.416 e. The van der Waals surface area contributed by atoms with Crippen molar-refractivity contribution in [3.8, 4) is 0 Å². The number of rotatable bonds is 5. The Kier molecular flexibility index (Phi) is 10.7. The van der Waals surface area contributed by atoms with Gasteiger partial charge in [0.05, 0.1) is 11.1 Å². The van der Waals surface area contributed by atoms with Gasteiger partial charge in [-0.2, -0.15) is 26.3 Å². The standard InChI is InChI=1S/C15H11F6N3S.C15H17N3O/c16-14(17,18)8-5-9(15(19,20)21)7-12(6-8)24-13(25)23-11-3-1-10(22)2-4-11;1-18(2)14-9-3-11(4-10-14)15(19)17-13-7-5-12(16)6-8-13/h1-7H,22H2,(H2,23,24,25);3-10H,16H2,1-2H3,(H,17,19). The molecule has 7 N–H and O–H groups in total. The number of amides is 1. The molecule has 44 heavy (non-hydrogen) atoms. The molecule has 0 radical (unpaired) electrons. The number of alkyl halides is 6. The third-order valence-electron chi connectivity index (χ3n) is 5.83. The predicted molar refractivity (Wildman–Crippen MR) is 167 cm³/mol. The molecule has 0 saturated carbocycles. The van der Waals surface area contributed by atoms with E-state index in [-0.39, 0.29) is 17.1 Å². The molecule has 0 spiro atoms. The van der Waals surface area contributed by atoms with Gasteiger partial charge in [0.25, 0.3) is 5.91 Å². The minimum absolute atomic E-state index is 0.0433. The van der Waals surface area contributed by atoms with E-state index in [4.69, 9.17) is 23.7 Å². The van der Waals surface area contributed by atoms with Crippen LogP contribution in [0, 0.1) is 0 Å². The molecule has 0 fully saturated rings. The second-order valence-corrected chi connectivity index (χ2v) is 9.92. The van der Waals surface area contributed by atoms with Gasteiger partial charge in [0, 0.05) is 53.8 Å². The quantitative estimate of drug-likeness (QED) is 0.0870. The van der Waals surface area contributed by atoms with Crippen LogP contribution in [0.3, 0.4) is 0 Å². The zero-order valence-corrected chi connectivity index (χ0v) is 24.2. The number of nitrogens with one attached hydrogen (secondary N) is 3. The third kappa shape index (κ3) is 10.1. The summed E-state index contributed by atoms with van der Waals surface area (Å²) in [7, 11) is 3.92. The molecule has 0 saturated heterocycles. The number of halogens is 6. The molecular formula is C30H28F6N6OS. The fourth-order valence-electron chi connectivity index (χ4n) is 3.57. The van der Waals surface area contributed by atoms with E-state index < -0.39 is 29.2 Å². The number of nitrogens with zero attached hydrogens (tertiary/aromatic N) is 1. The largest absolute Gasteiger partial charge is 0.416 e. The van der Waals surface area contributed by atoms with Crippen LogP contribution in [0.2, 0.25) is 0 Å². The Morgan fingerprint density at radius 2 is 1.05 bits per heavy atom. The molecule has 0 bridgehead atoms. The zero-order valence-electron chi connectivity index (χ0n) is 23.3. The van der Waals surface area contributed by atoms with E-state index in [0.29, 0.717) is 34.8 Å². The first kappa shape index (κ1) is 33.5. The molecule has 0 aliphatic carbocycles. The molecular weight excluding hydrogens is 606 g/mol. The lowest BCUT2D eigenvalue weighted by atomic mass is 10.1. The van der Waals surface area contributed by atoms with Crippen molar-refractivity contribution in [2.45, 2.75) is 12.4 Å². The van der Waals surface area contributed by atoms with E-state index >= 15 is 0 Å². The van der Waals surface area contributed by atoms with Gasteiger partial charge in [-0.1, -0.05) is 0 Å². The smallest absolute Gasteiger partial charge is 0.399 e. The molecule has 0 atom stereocenters. The number of carbonyl (C=O) groups is 1. The van der Waals surface area contributed by atoms with Crippen LogP contribution in [0.15, 0.2) is 91.0 Å². The summed E-state index contributed by atoms with van der Waals surface area (Å²) in [6, 6.07) is 21.9. The maximum atomic E-state index is 12.8. The van der Waals surface area contributed by atoms with Crippen LogP contribution in [0.4, 0.5) is 60.5 Å². The number of benzene rings is 4. The van der Waals surface area contributed by atoms with Gasteiger partial charge in [0.15, 0.2) is 5.11 Å². The number of thiocarbonyl (C=S) groups is 1. The highest BCUT2D eigenvalue weighted by molar-refractivity contribution is 7.80. The van der Waals surface area contributed by atoms with E-state index in [2.05, 4.69) is 16.0 Å². The average molecular weight is 635 g/mol. The summed E-state index contributed by atoms with van der Waals surface area (Å²) >= 11 is 4.91. The summed E-state index contributed by atoms with van der Waals surface area (Å²) in [6.45, 7) is 0. The molecule has 0 aliphatic rings. The average Bonchev–Trinajstić information content (AvgIpc) is 2.95. The number of carbonyl (C=O) groups excluding carboxylic acids is 1. The lowest BCUT2D eigenvalue weighted by Gasteiger charge is -2.16. The van der Waals surface area contributed by atoms with Gasteiger partial charge in [-0.05, 0) is 103 Å². The van der Waals surface area contributed by atoms with Crippen LogP contribution in [0.25, 0.3) is 0 Å². The summed E-state index contributed by atoms with van der Waals surface area (Å²) in [5.74, 6) is -0.130. The molecule has 232 valence electrons. The number of hydrogen-bond donors (Lipinski definition) is 5.